The Hall–Kier alpha value is -4.47. The molecular formula is C29H27FN2O7. The molecule has 0 fully saturated rings. The predicted octanol–water partition coefficient (Wildman–Crippen LogP) is 3.93. The molecule has 0 radical (unpaired) electrons. The van der Waals surface area contributed by atoms with Crippen LogP contribution in [0.4, 0.5) is 15.8 Å². The average molecular weight is 535 g/mol. The summed E-state index contributed by atoms with van der Waals surface area (Å²) in [6, 6.07) is 10.4. The highest BCUT2D eigenvalue weighted by Gasteiger charge is 2.63. The number of esters is 2. The summed E-state index contributed by atoms with van der Waals surface area (Å²) in [5.74, 6) is -3.11. The van der Waals surface area contributed by atoms with Crippen LogP contribution in [0.15, 0.2) is 64.9 Å². The van der Waals surface area contributed by atoms with E-state index in [1.54, 1.807) is 43.0 Å². The Morgan fingerprint density at radius 2 is 1.69 bits per heavy atom. The van der Waals surface area contributed by atoms with E-state index in [9.17, 15) is 23.6 Å². The SMILES string of the molecule is CCOC(=O)C1=C(C(=O)OCC)C2(C(=O)Nc3ccc(F)cc32)N(c2ccc(OC)cc2)C2=C1C(=O)CCC2. The van der Waals surface area contributed by atoms with Crippen molar-refractivity contribution in [1.29, 1.82) is 0 Å². The Balaban J connectivity index is 1.97. The summed E-state index contributed by atoms with van der Waals surface area (Å²) in [6.07, 6.45) is 0.896. The first-order chi connectivity index (χ1) is 18.8. The molecule has 2 heterocycles. The number of fused-ring (bicyclic) bond motifs is 2. The van der Waals surface area contributed by atoms with Crippen molar-refractivity contribution in [2.75, 3.05) is 30.5 Å². The van der Waals surface area contributed by atoms with Crippen LogP contribution in [0.3, 0.4) is 0 Å². The highest BCUT2D eigenvalue weighted by molar-refractivity contribution is 6.24. The fraction of sp³-hybridized carbons (Fsp3) is 0.310. The number of benzene rings is 2. The van der Waals surface area contributed by atoms with Crippen molar-refractivity contribution in [3.05, 3.63) is 76.3 Å². The number of hydrogen-bond donors (Lipinski definition) is 1. The second-order valence-electron chi connectivity index (χ2n) is 9.18. The molecule has 202 valence electrons. The van der Waals surface area contributed by atoms with E-state index in [2.05, 4.69) is 5.32 Å². The summed E-state index contributed by atoms with van der Waals surface area (Å²) in [5.41, 5.74) is -1.64. The van der Waals surface area contributed by atoms with Crippen molar-refractivity contribution >= 4 is 35.0 Å². The molecule has 0 saturated carbocycles. The van der Waals surface area contributed by atoms with Crippen molar-refractivity contribution in [3.63, 3.8) is 0 Å². The van der Waals surface area contributed by atoms with Crippen LogP contribution in [0.2, 0.25) is 0 Å². The maximum absolute atomic E-state index is 14.8. The third kappa shape index (κ3) is 3.89. The van der Waals surface area contributed by atoms with Crippen LogP contribution in [0.25, 0.3) is 0 Å². The summed E-state index contributed by atoms with van der Waals surface area (Å²) in [5, 5.41) is 2.76. The number of Topliss-reactive ketones (excluding diaryl/α,β-unsaturated/α-hetero) is 1. The summed E-state index contributed by atoms with van der Waals surface area (Å²) < 4.78 is 30.9. The number of allylic oxidation sites excluding steroid dienone is 1. The largest absolute Gasteiger partial charge is 0.497 e. The maximum Gasteiger partial charge on any atom is 0.339 e. The fourth-order valence-electron chi connectivity index (χ4n) is 5.63. The Morgan fingerprint density at radius 1 is 1.00 bits per heavy atom. The first kappa shape index (κ1) is 26.1. The van der Waals surface area contributed by atoms with Crippen LogP contribution < -0.4 is 15.0 Å². The zero-order valence-corrected chi connectivity index (χ0v) is 21.8. The van der Waals surface area contributed by atoms with Crippen LogP contribution >= 0.6 is 0 Å². The molecule has 1 amide bonds. The Bertz CT molecular complexity index is 1460. The van der Waals surface area contributed by atoms with Gasteiger partial charge in [-0.25, -0.2) is 14.0 Å². The first-order valence-electron chi connectivity index (χ1n) is 12.7. The number of hydrogen-bond acceptors (Lipinski definition) is 8. The minimum Gasteiger partial charge on any atom is -0.497 e. The van der Waals surface area contributed by atoms with Gasteiger partial charge in [0.15, 0.2) is 11.3 Å². The normalized spacial score (nSPS) is 20.1. The second-order valence-corrected chi connectivity index (χ2v) is 9.18. The van der Waals surface area contributed by atoms with E-state index in [1.807, 2.05) is 0 Å². The first-order valence-corrected chi connectivity index (χ1v) is 12.7. The van der Waals surface area contributed by atoms with Gasteiger partial charge < -0.3 is 24.4 Å². The van der Waals surface area contributed by atoms with Crippen molar-refractivity contribution in [2.45, 2.75) is 38.6 Å². The van der Waals surface area contributed by atoms with Gasteiger partial charge in [-0.1, -0.05) is 0 Å². The van der Waals surface area contributed by atoms with E-state index in [0.29, 0.717) is 30.0 Å². The minimum absolute atomic E-state index is 0.00171. The molecule has 1 aliphatic carbocycles. The van der Waals surface area contributed by atoms with E-state index in [0.717, 1.165) is 6.07 Å². The molecule has 5 rings (SSSR count). The molecule has 2 aromatic rings. The average Bonchev–Trinajstić information content (AvgIpc) is 3.19. The van der Waals surface area contributed by atoms with Crippen LogP contribution in [0, 0.1) is 5.82 Å². The van der Waals surface area contributed by atoms with Crippen molar-refractivity contribution in [2.24, 2.45) is 0 Å². The van der Waals surface area contributed by atoms with Gasteiger partial charge in [-0.05, 0) is 69.2 Å². The highest BCUT2D eigenvalue weighted by atomic mass is 19.1. The molecule has 9 nitrogen and oxygen atoms in total. The Kier molecular flexibility index (Phi) is 6.71. The molecule has 0 aromatic heterocycles. The monoisotopic (exact) mass is 534 g/mol. The van der Waals surface area contributed by atoms with Gasteiger partial charge in [0.25, 0.3) is 5.91 Å². The number of rotatable bonds is 6. The van der Waals surface area contributed by atoms with E-state index in [1.165, 1.54) is 19.2 Å². The third-order valence-electron chi connectivity index (χ3n) is 7.09. The van der Waals surface area contributed by atoms with E-state index >= 15 is 0 Å². The van der Waals surface area contributed by atoms with Gasteiger partial charge in [0.2, 0.25) is 0 Å². The minimum atomic E-state index is -2.07. The third-order valence-corrected chi connectivity index (χ3v) is 7.09. The van der Waals surface area contributed by atoms with Crippen molar-refractivity contribution in [1.82, 2.24) is 0 Å². The van der Waals surface area contributed by atoms with Gasteiger partial charge in [0.05, 0.1) is 37.0 Å². The smallest absolute Gasteiger partial charge is 0.339 e. The molecule has 2 aromatic carbocycles. The number of carbonyl (C=O) groups is 4. The van der Waals surface area contributed by atoms with Gasteiger partial charge in [-0.15, -0.1) is 0 Å². The molecule has 2 aliphatic heterocycles. The number of ether oxygens (including phenoxy) is 3. The van der Waals surface area contributed by atoms with Crippen LogP contribution in [0.1, 0.15) is 38.7 Å². The van der Waals surface area contributed by atoms with E-state index in [-0.39, 0.29) is 47.8 Å². The molecule has 0 saturated heterocycles. The lowest BCUT2D eigenvalue weighted by Crippen LogP contribution is -2.58. The molecule has 1 N–H and O–H groups in total. The predicted molar refractivity (Wildman–Crippen MR) is 138 cm³/mol. The van der Waals surface area contributed by atoms with Gasteiger partial charge in [0.1, 0.15) is 11.6 Å². The molecule has 39 heavy (non-hydrogen) atoms. The molecule has 0 bridgehead atoms. The number of amides is 1. The van der Waals surface area contributed by atoms with Crippen LogP contribution in [-0.2, 0) is 34.2 Å². The zero-order valence-electron chi connectivity index (χ0n) is 21.8. The zero-order chi connectivity index (χ0) is 27.9. The van der Waals surface area contributed by atoms with E-state index < -0.39 is 34.8 Å². The topological polar surface area (TPSA) is 111 Å². The molecule has 1 spiro atoms. The molecule has 1 unspecified atom stereocenters. The maximum atomic E-state index is 14.8. The lowest BCUT2D eigenvalue weighted by molar-refractivity contribution is -0.143. The summed E-state index contributed by atoms with van der Waals surface area (Å²) in [7, 11) is 1.51. The number of methoxy groups -OCH3 is 1. The Labute approximate surface area is 224 Å². The van der Waals surface area contributed by atoms with Gasteiger partial charge in [-0.3, -0.25) is 9.59 Å². The lowest BCUT2D eigenvalue weighted by atomic mass is 9.71. The molecule has 1 atom stereocenters. The quantitative estimate of drug-likeness (QED) is 0.555. The van der Waals surface area contributed by atoms with Gasteiger partial charge >= 0.3 is 11.9 Å². The summed E-state index contributed by atoms with van der Waals surface area (Å²) in [4.78, 5) is 56.7. The summed E-state index contributed by atoms with van der Waals surface area (Å²) in [6.45, 7) is 3.06. The van der Waals surface area contributed by atoms with Crippen molar-refractivity contribution in [3.8, 4) is 5.75 Å². The number of ketones is 1. The molecular weight excluding hydrogens is 507 g/mol. The number of anilines is 2. The standard InChI is InChI=1S/C29H27FN2O7/c1-4-38-26(34)24-23-21(7-6-8-22(23)33)32(17-10-12-18(37-3)13-11-17)29(25(24)27(35)39-5-2)19-15-16(30)9-14-20(19)31-28(29)36/h9-15H,4-8H2,1-3H3,(H,31,36). The molecule has 3 aliphatic rings. The Morgan fingerprint density at radius 3 is 2.36 bits per heavy atom. The number of nitrogens with one attached hydrogen (secondary N) is 1. The number of nitrogens with zero attached hydrogens (tertiary/aromatic N) is 1. The molecule has 10 heteroatoms. The second kappa shape index (κ2) is 10.0. The lowest BCUT2D eigenvalue weighted by Gasteiger charge is -2.48. The van der Waals surface area contributed by atoms with Crippen LogP contribution in [-0.4, -0.2) is 44.0 Å². The van der Waals surface area contributed by atoms with Gasteiger partial charge in [0, 0.05) is 29.1 Å². The summed E-state index contributed by atoms with van der Waals surface area (Å²) >= 11 is 0. The number of halogens is 1. The van der Waals surface area contributed by atoms with E-state index in [4.69, 9.17) is 14.2 Å². The fourth-order valence-corrected chi connectivity index (χ4v) is 5.63. The highest BCUT2D eigenvalue weighted by Crippen LogP contribution is 2.56. The number of carbonyl (C=O) groups excluding carboxylic acids is 4. The van der Waals surface area contributed by atoms with Crippen molar-refractivity contribution < 1.29 is 37.8 Å². The van der Waals surface area contributed by atoms with Crippen LogP contribution in [0.5, 0.6) is 5.75 Å². The van der Waals surface area contributed by atoms with Gasteiger partial charge in [-0.2, -0.15) is 0 Å².